The van der Waals surface area contributed by atoms with Crippen LogP contribution >= 0.6 is 0 Å². The van der Waals surface area contributed by atoms with Gasteiger partial charge in [0.1, 0.15) is 18.3 Å². The first-order valence-electron chi connectivity index (χ1n) is 8.34. The van der Waals surface area contributed by atoms with Crippen LogP contribution in [0.2, 0.25) is 0 Å². The van der Waals surface area contributed by atoms with Gasteiger partial charge in [0, 0.05) is 12.7 Å². The zero-order valence-corrected chi connectivity index (χ0v) is 17.1. The van der Waals surface area contributed by atoms with E-state index in [0.29, 0.717) is 5.56 Å². The Labute approximate surface area is 163 Å². The molecule has 3 rings (SSSR count). The average Bonchev–Trinajstić information content (AvgIpc) is 2.61. The van der Waals surface area contributed by atoms with Crippen molar-refractivity contribution in [2.45, 2.75) is 37.0 Å². The van der Waals surface area contributed by atoms with Gasteiger partial charge in [-0.05, 0) is 0 Å². The van der Waals surface area contributed by atoms with E-state index in [1.165, 1.54) is 7.11 Å². The summed E-state index contributed by atoms with van der Waals surface area (Å²) in [6.07, 6.45) is -4.79. The molecule has 10 nitrogen and oxygen atoms in total. The van der Waals surface area contributed by atoms with E-state index in [1.54, 1.807) is 24.3 Å². The van der Waals surface area contributed by atoms with Gasteiger partial charge in [0.2, 0.25) is 0 Å². The molecule has 0 unspecified atom stereocenters. The monoisotopic (exact) mass is 438 g/mol. The molecule has 2 heterocycles. The van der Waals surface area contributed by atoms with Gasteiger partial charge < -0.3 is 18.9 Å². The number of hydrogen-bond acceptors (Lipinski definition) is 10. The van der Waals surface area contributed by atoms with Crippen molar-refractivity contribution in [1.82, 2.24) is 0 Å². The van der Waals surface area contributed by atoms with Crippen LogP contribution < -0.4 is 0 Å². The van der Waals surface area contributed by atoms with Gasteiger partial charge in [-0.25, -0.2) is 0 Å². The molecule has 6 atom stereocenters. The van der Waals surface area contributed by atoms with Gasteiger partial charge in [0.25, 0.3) is 20.2 Å². The Morgan fingerprint density at radius 2 is 1.54 bits per heavy atom. The van der Waals surface area contributed by atoms with Crippen LogP contribution in [0.5, 0.6) is 0 Å². The molecule has 0 radical (unpaired) electrons. The number of fused-ring (bicyclic) bond motifs is 1. The van der Waals surface area contributed by atoms with Crippen LogP contribution in [0.25, 0.3) is 0 Å². The van der Waals surface area contributed by atoms with E-state index < -0.39 is 57.2 Å². The fourth-order valence-electron chi connectivity index (χ4n) is 3.13. The summed E-state index contributed by atoms with van der Waals surface area (Å²) >= 11 is 0. The molecule has 2 aliphatic heterocycles. The predicted octanol–water partition coefficient (Wildman–Crippen LogP) is 0.162. The van der Waals surface area contributed by atoms with Crippen LogP contribution in [0.15, 0.2) is 30.3 Å². The highest BCUT2D eigenvalue weighted by atomic mass is 32.2. The molecule has 2 aliphatic rings. The van der Waals surface area contributed by atoms with E-state index in [4.69, 9.17) is 27.3 Å². The Kier molecular flexibility index (Phi) is 6.41. The minimum Gasteiger partial charge on any atom is -0.353 e. The second kappa shape index (κ2) is 8.32. The van der Waals surface area contributed by atoms with Crippen molar-refractivity contribution in [2.24, 2.45) is 0 Å². The highest BCUT2D eigenvalue weighted by Gasteiger charge is 2.54. The van der Waals surface area contributed by atoms with Crippen molar-refractivity contribution in [3.05, 3.63) is 35.9 Å². The third kappa shape index (κ3) is 5.27. The highest BCUT2D eigenvalue weighted by Crippen LogP contribution is 2.37. The second-order valence-corrected chi connectivity index (χ2v) is 9.69. The summed E-state index contributed by atoms with van der Waals surface area (Å²) in [6.45, 7) is 0.0549. The molecule has 0 N–H and O–H groups in total. The summed E-state index contributed by atoms with van der Waals surface area (Å²) in [4.78, 5) is 0. The van der Waals surface area contributed by atoms with Crippen molar-refractivity contribution in [3.63, 3.8) is 0 Å². The lowest BCUT2D eigenvalue weighted by molar-refractivity contribution is -0.351. The second-order valence-electron chi connectivity index (χ2n) is 6.49. The highest BCUT2D eigenvalue weighted by molar-refractivity contribution is 7.86. The van der Waals surface area contributed by atoms with Crippen molar-refractivity contribution in [3.8, 4) is 0 Å². The Morgan fingerprint density at radius 3 is 2.11 bits per heavy atom. The van der Waals surface area contributed by atoms with Crippen LogP contribution in [0.4, 0.5) is 0 Å². The summed E-state index contributed by atoms with van der Waals surface area (Å²) < 4.78 is 79.7. The summed E-state index contributed by atoms with van der Waals surface area (Å²) in [7, 11) is -6.69. The quantitative estimate of drug-likeness (QED) is 0.567. The smallest absolute Gasteiger partial charge is 0.264 e. The molecule has 2 saturated heterocycles. The Morgan fingerprint density at radius 1 is 0.929 bits per heavy atom. The van der Waals surface area contributed by atoms with Crippen LogP contribution in [0, 0.1) is 0 Å². The largest absolute Gasteiger partial charge is 0.353 e. The van der Waals surface area contributed by atoms with Crippen molar-refractivity contribution < 1.29 is 44.1 Å². The lowest BCUT2D eigenvalue weighted by Crippen LogP contribution is -2.64. The lowest BCUT2D eigenvalue weighted by Gasteiger charge is -2.47. The molecule has 28 heavy (non-hydrogen) atoms. The van der Waals surface area contributed by atoms with E-state index in [-0.39, 0.29) is 6.61 Å². The standard InChI is InChI=1S/C16H22O10S2/c1-21-16-14(26-28(3,19)20)13(25-27(2,17)18)12-11(23-16)9-22-15(24-12)10-7-5-4-6-8-10/h4-8,11-16H,9H2,1-3H3/t11-,12+,13+,14-,15+,16+/m1/s1. The average molecular weight is 438 g/mol. The number of methoxy groups -OCH3 is 1. The topological polar surface area (TPSA) is 124 Å². The number of benzene rings is 1. The number of ether oxygens (including phenoxy) is 4. The maximum Gasteiger partial charge on any atom is 0.264 e. The maximum atomic E-state index is 11.8. The summed E-state index contributed by atoms with van der Waals surface area (Å²) in [5.74, 6) is 0. The summed E-state index contributed by atoms with van der Waals surface area (Å²) in [5.41, 5.74) is 0.702. The van der Waals surface area contributed by atoms with Crippen molar-refractivity contribution in [1.29, 1.82) is 0 Å². The Hall–Kier alpha value is -1.12. The molecule has 1 aromatic carbocycles. The van der Waals surface area contributed by atoms with Crippen molar-refractivity contribution >= 4 is 20.2 Å². The lowest BCUT2D eigenvalue weighted by atomic mass is 9.98. The molecule has 0 amide bonds. The number of rotatable bonds is 6. The van der Waals surface area contributed by atoms with Crippen LogP contribution in [0.3, 0.4) is 0 Å². The fourth-order valence-corrected chi connectivity index (χ4v) is 4.36. The van der Waals surface area contributed by atoms with Gasteiger partial charge in [0.15, 0.2) is 18.7 Å². The Balaban J connectivity index is 1.93. The molecule has 0 aromatic heterocycles. The molecule has 0 bridgehead atoms. The predicted molar refractivity (Wildman–Crippen MR) is 95.1 cm³/mol. The molecule has 0 saturated carbocycles. The fraction of sp³-hybridized carbons (Fsp3) is 0.625. The van der Waals surface area contributed by atoms with Gasteiger partial charge in [-0.1, -0.05) is 30.3 Å². The molecule has 1 aromatic rings. The van der Waals surface area contributed by atoms with Crippen molar-refractivity contribution in [2.75, 3.05) is 26.2 Å². The summed E-state index contributed by atoms with van der Waals surface area (Å²) in [6, 6.07) is 8.99. The first kappa shape index (κ1) is 21.6. The van der Waals surface area contributed by atoms with Gasteiger partial charge >= 0.3 is 0 Å². The Bertz CT molecular complexity index is 870. The van der Waals surface area contributed by atoms with Gasteiger partial charge in [-0.3, -0.25) is 8.37 Å². The molecule has 0 spiro atoms. The molecule has 0 aliphatic carbocycles. The molecule has 158 valence electrons. The van der Waals surface area contributed by atoms with Crippen LogP contribution in [0.1, 0.15) is 11.9 Å². The number of hydrogen-bond donors (Lipinski definition) is 0. The third-order valence-corrected chi connectivity index (χ3v) is 5.30. The van der Waals surface area contributed by atoms with Gasteiger partial charge in [-0.2, -0.15) is 16.8 Å². The zero-order valence-electron chi connectivity index (χ0n) is 15.5. The zero-order chi connectivity index (χ0) is 20.5. The summed E-state index contributed by atoms with van der Waals surface area (Å²) in [5, 5.41) is 0. The normalized spacial score (nSPS) is 34.0. The van der Waals surface area contributed by atoms with E-state index in [1.807, 2.05) is 6.07 Å². The molecule has 2 fully saturated rings. The van der Waals surface area contributed by atoms with E-state index in [0.717, 1.165) is 12.5 Å². The van der Waals surface area contributed by atoms with Crippen LogP contribution in [-0.4, -0.2) is 73.8 Å². The van der Waals surface area contributed by atoms with E-state index >= 15 is 0 Å². The third-order valence-electron chi connectivity index (χ3n) is 4.16. The van der Waals surface area contributed by atoms with E-state index in [9.17, 15) is 16.8 Å². The first-order valence-corrected chi connectivity index (χ1v) is 12.0. The van der Waals surface area contributed by atoms with Gasteiger partial charge in [0.05, 0.1) is 19.1 Å². The van der Waals surface area contributed by atoms with Crippen LogP contribution in [-0.2, 0) is 47.5 Å². The minimum absolute atomic E-state index is 0.0549. The SMILES string of the molecule is CO[C@H]1O[C@@H]2CO[C@H](c3ccccc3)O[C@@H]2[C@H](OS(C)(=O)=O)[C@H]1OS(C)(=O)=O. The maximum absolute atomic E-state index is 11.8. The minimum atomic E-state index is -3.98. The van der Waals surface area contributed by atoms with E-state index in [2.05, 4.69) is 0 Å². The first-order chi connectivity index (χ1) is 13.1. The van der Waals surface area contributed by atoms with Gasteiger partial charge in [-0.15, -0.1) is 0 Å². The molecular formula is C16H22O10S2. The molecular weight excluding hydrogens is 416 g/mol. The molecule has 12 heteroatoms.